The van der Waals surface area contributed by atoms with E-state index in [4.69, 9.17) is 90.4 Å². The molecule has 2 saturated heterocycles. The number of H-pyrrole nitrogens is 5. The summed E-state index contributed by atoms with van der Waals surface area (Å²) in [4.78, 5) is 129. The van der Waals surface area contributed by atoms with Crippen LogP contribution in [0.5, 0.6) is 0 Å². The van der Waals surface area contributed by atoms with Gasteiger partial charge in [-0.3, -0.25) is 80.8 Å². The van der Waals surface area contributed by atoms with Crippen molar-refractivity contribution in [3.63, 3.8) is 0 Å². The zero-order valence-corrected chi connectivity index (χ0v) is 86.2. The van der Waals surface area contributed by atoms with E-state index in [-0.39, 0.29) is 112 Å². The van der Waals surface area contributed by atoms with Crippen molar-refractivity contribution in [3.8, 4) is 0 Å². The Morgan fingerprint density at radius 1 is 0.479 bits per heavy atom. The van der Waals surface area contributed by atoms with Crippen LogP contribution in [0, 0.1) is 33.6 Å². The highest BCUT2D eigenvalue weighted by Crippen LogP contribution is 2.40. The van der Waals surface area contributed by atoms with Gasteiger partial charge in [0.15, 0.2) is 0 Å². The van der Waals surface area contributed by atoms with Gasteiger partial charge in [0.25, 0.3) is 45.9 Å². The van der Waals surface area contributed by atoms with E-state index in [1.165, 1.54) is 74.9 Å². The van der Waals surface area contributed by atoms with E-state index in [9.17, 15) is 51.5 Å². The lowest BCUT2D eigenvalue weighted by Gasteiger charge is -2.15. The molecular formula is C100H104Cl5F3N24O10S4. The number of ether oxygens (including phenoxy) is 2. The van der Waals surface area contributed by atoms with E-state index in [0.29, 0.717) is 156 Å². The number of rotatable bonds is 33. The van der Waals surface area contributed by atoms with Crippen molar-refractivity contribution in [1.29, 1.82) is 0 Å². The summed E-state index contributed by atoms with van der Waals surface area (Å²) in [5, 5.41) is 30.1. The molecule has 146 heavy (non-hydrogen) atoms. The SMILES string of the molecule is Cc1cc(C2CCCC2)ccc1NC(=O)c1ccc(Nc2s[nH]c(=O)c2C(N)=NCCC2CCCN2)cc1Cl.Cc1cc(Nc2s[nH]c(=O)c2C(N)=NCCC2C=NCO2)cc(Cl)c1C(=O)Nc1ccccc1.Cc1ccc(NC(=O)c2ccc(Nc3s[nH]c(=O)c3C(N)=NCCc3ncc[nH]3)cc2Cl)c(C(F)(F)F)c1.Cc1cccc(Cl)c1NC(=O)c1ccc(Nc2s[nH]c(=O)c2C(N)=NCCC2CCOC2)cc1Cl. The van der Waals surface area contributed by atoms with Crippen LogP contribution < -0.4 is 93.0 Å². The number of amides is 4. The number of halogens is 8. The van der Waals surface area contributed by atoms with E-state index in [1.54, 1.807) is 92.3 Å². The van der Waals surface area contributed by atoms with Crippen LogP contribution in [0.4, 0.5) is 78.7 Å². The summed E-state index contributed by atoms with van der Waals surface area (Å²) in [6.07, 6.45) is 11.6. The number of aryl methyl sites for hydroxylation is 4. The third-order valence-corrected chi connectivity index (χ3v) is 28.6. The maximum Gasteiger partial charge on any atom is 0.418 e. The second kappa shape index (κ2) is 51.0. The minimum Gasteiger partial charge on any atom is -0.383 e. The summed E-state index contributed by atoms with van der Waals surface area (Å²) in [6, 6.07) is 42.5. The molecule has 8 aromatic carbocycles. The number of alkyl halides is 3. The number of imidazole rings is 1. The summed E-state index contributed by atoms with van der Waals surface area (Å²) in [5.41, 5.74) is 32.3. The number of benzene rings is 8. The Balaban J connectivity index is 0.000000154. The molecular weight excluding hydrogens is 2060 g/mol. The van der Waals surface area contributed by atoms with Crippen molar-refractivity contribution in [3.05, 3.63) is 314 Å². The van der Waals surface area contributed by atoms with Gasteiger partial charge in [-0.2, -0.15) is 13.2 Å². The minimum atomic E-state index is -4.65. The normalized spacial score (nSPS) is 15.3. The molecule has 4 amide bonds. The number of amidine groups is 4. The van der Waals surface area contributed by atoms with Gasteiger partial charge in [-0.15, -0.1) is 0 Å². The summed E-state index contributed by atoms with van der Waals surface area (Å²) >= 11 is 36.3. The predicted octanol–water partition coefficient (Wildman–Crippen LogP) is 20.1. The highest BCUT2D eigenvalue weighted by atomic mass is 35.5. The Morgan fingerprint density at radius 3 is 1.47 bits per heavy atom. The lowest BCUT2D eigenvalue weighted by atomic mass is 9.95. The maximum atomic E-state index is 13.4. The highest BCUT2D eigenvalue weighted by molar-refractivity contribution is 7.11. The number of nitrogens with one attached hydrogen (secondary N) is 14. The highest BCUT2D eigenvalue weighted by Gasteiger charge is 2.35. The number of para-hydroxylation sites is 2. The molecule has 13 aromatic rings. The van der Waals surface area contributed by atoms with Crippen LogP contribution in [0.2, 0.25) is 25.1 Å². The summed E-state index contributed by atoms with van der Waals surface area (Å²) in [6.45, 7) is 11.9. The second-order valence-electron chi connectivity index (χ2n) is 34.3. The van der Waals surface area contributed by atoms with Gasteiger partial charge >= 0.3 is 6.18 Å². The molecule has 3 fully saturated rings. The number of nitrogens with zero attached hydrogens (tertiary/aromatic N) is 6. The molecule has 17 rings (SSSR count). The molecule has 22 N–H and O–H groups in total. The summed E-state index contributed by atoms with van der Waals surface area (Å²) in [5.74, 6) is 0.592. The molecule has 1 saturated carbocycles. The summed E-state index contributed by atoms with van der Waals surface area (Å²) < 4.78 is 61.7. The van der Waals surface area contributed by atoms with Gasteiger partial charge in [-0.1, -0.05) is 125 Å². The third-order valence-electron chi connectivity index (χ3n) is 23.8. The average molecular weight is 2160 g/mol. The van der Waals surface area contributed by atoms with Crippen LogP contribution in [0.3, 0.4) is 0 Å². The number of anilines is 12. The van der Waals surface area contributed by atoms with Gasteiger partial charge in [0.1, 0.15) is 78.2 Å². The predicted molar refractivity (Wildman–Crippen MR) is 583 cm³/mol. The molecule has 4 aliphatic rings. The first-order valence-electron chi connectivity index (χ1n) is 46.3. The number of carbonyl (C=O) groups is 4. The fourth-order valence-corrected chi connectivity index (χ4v) is 20.7. The second-order valence-corrected chi connectivity index (χ2v) is 39.6. The van der Waals surface area contributed by atoms with E-state index in [1.807, 2.05) is 50.2 Å². The average Bonchev–Trinajstić information content (AvgIpc) is 1.73. The Bertz CT molecular complexity index is 7240. The molecule has 5 aromatic heterocycles. The van der Waals surface area contributed by atoms with Crippen molar-refractivity contribution >= 4 is 223 Å². The minimum absolute atomic E-state index is 0.0160. The van der Waals surface area contributed by atoms with Gasteiger partial charge < -0.3 is 85.2 Å². The number of aromatic nitrogens is 6. The molecule has 0 bridgehead atoms. The molecule has 46 heteroatoms. The van der Waals surface area contributed by atoms with Crippen LogP contribution in [-0.2, 0) is 22.1 Å². The molecule has 8 heterocycles. The van der Waals surface area contributed by atoms with Crippen LogP contribution in [0.25, 0.3) is 0 Å². The zero-order valence-electron chi connectivity index (χ0n) is 79.1. The third kappa shape index (κ3) is 29.0. The van der Waals surface area contributed by atoms with E-state index >= 15 is 0 Å². The fraction of sp³-hybridized carbons (Fsp3) is 0.280. The number of aromatic amines is 5. The Labute approximate surface area is 876 Å². The molecule has 3 atom stereocenters. The maximum absolute atomic E-state index is 13.4. The number of carbonyl (C=O) groups excluding carboxylic acids is 4. The quantitative estimate of drug-likeness (QED) is 0.0134. The molecule has 0 radical (unpaired) electrons. The van der Waals surface area contributed by atoms with Gasteiger partial charge in [0.05, 0.1) is 70.4 Å². The van der Waals surface area contributed by atoms with Gasteiger partial charge in [0, 0.05) is 105 Å². The fourth-order valence-electron chi connectivity index (χ4n) is 16.2. The van der Waals surface area contributed by atoms with Crippen molar-refractivity contribution in [1.82, 2.24) is 32.8 Å². The topological polar surface area (TPSA) is 521 Å². The molecule has 3 unspecified atom stereocenters. The van der Waals surface area contributed by atoms with Crippen molar-refractivity contribution in [2.75, 3.05) is 95.2 Å². The lowest BCUT2D eigenvalue weighted by Crippen LogP contribution is -2.25. The Morgan fingerprint density at radius 2 is 0.993 bits per heavy atom. The monoisotopic (exact) mass is 2160 g/mol. The first-order chi connectivity index (χ1) is 70.2. The number of hydrogen-bond donors (Lipinski definition) is 18. The van der Waals surface area contributed by atoms with Gasteiger partial charge in [0.2, 0.25) is 0 Å². The molecule has 0 spiro atoms. The lowest BCUT2D eigenvalue weighted by molar-refractivity contribution is -0.137. The standard InChI is InChI=1S/C29H35ClN6O2S.C24H25Cl2N5O3S.C24H21ClF3N7O2S.C23H23ClN6O3S/c1-17-15-19(18-5-2-3-6-18)8-11-24(17)35-27(37)22-10-9-21(16-23(22)30)34-29-25(28(38)36-39-29)26(31)33-14-12-20-7-4-13-32-20;1-13-3-2-4-17(25)20(13)30-22(32)16-6-5-15(11-18(16)26)29-24-19(23(33)31-35-24)21(27)28-9-7-14-8-10-34-12-14;1-12-2-5-17(15(10-12)24(26,27)28)34-21(36)14-4-3-13(11-16(14)25)33-23-19(22(37)35-38-23)20(29)32-7-6-18-30-8-9-31-18;1-13-9-15(10-17(24)18(13)21(31)28-14-5-3-2-4-6-14)29-23-19(22(32)30-34-23)20(25)27-8-7-16-11-26-12-33-16/h8-11,15-16,18,20,32,34H,2-7,12-14H2,1H3,(H2,31,33)(H,35,37)(H,36,38);2-6,11,14,29H,7-10,12H2,1H3,(H2,27,28)(H,30,32)(H,31,33);2-5,8-11,33H,6-7H2,1H3,(H2,29,32)(H,30,31)(H,34,36)(H,35,37);2-6,9-11,16,29H,7-8,12H2,1H3,(H2,25,27)(H,28,31)(H,30,32). The molecule has 1 aliphatic carbocycles. The van der Waals surface area contributed by atoms with Crippen molar-refractivity contribution < 1.29 is 41.8 Å². The van der Waals surface area contributed by atoms with Gasteiger partial charge in [-0.25, -0.2) is 4.98 Å². The smallest absolute Gasteiger partial charge is 0.383 e. The Hall–Kier alpha value is -13.6. The largest absolute Gasteiger partial charge is 0.418 e. The molecule has 3 aliphatic heterocycles. The van der Waals surface area contributed by atoms with Crippen LogP contribution in [-0.4, -0.2) is 145 Å². The van der Waals surface area contributed by atoms with Crippen LogP contribution in [0.1, 0.15) is 173 Å². The van der Waals surface area contributed by atoms with E-state index in [2.05, 4.69) is 112 Å². The molecule has 34 nitrogen and oxygen atoms in total. The number of hydrogen-bond acceptors (Lipinski definition) is 25. The molecule has 764 valence electrons. The van der Waals surface area contributed by atoms with E-state index < -0.39 is 23.2 Å². The first-order valence-corrected chi connectivity index (χ1v) is 51.4. The zero-order chi connectivity index (χ0) is 104. The van der Waals surface area contributed by atoms with Crippen molar-refractivity contribution in [2.45, 2.75) is 123 Å². The first kappa shape index (κ1) is 108. The van der Waals surface area contributed by atoms with E-state index in [0.717, 1.165) is 120 Å². The number of nitrogens with two attached hydrogens (primary N) is 4. The van der Waals surface area contributed by atoms with Crippen LogP contribution in [0.15, 0.2) is 208 Å². The number of aliphatic imine (C=N–C) groups is 5. The van der Waals surface area contributed by atoms with Gasteiger partial charge in [-0.05, 0) is 269 Å². The Kier molecular flexibility index (Phi) is 37.8. The van der Waals surface area contributed by atoms with Crippen molar-refractivity contribution in [2.24, 2.45) is 53.8 Å². The summed E-state index contributed by atoms with van der Waals surface area (Å²) in [7, 11) is 0. The van der Waals surface area contributed by atoms with Crippen LogP contribution >= 0.6 is 104 Å².